The molecule has 0 saturated carbocycles. The van der Waals surface area contributed by atoms with Crippen LogP contribution in [0.3, 0.4) is 0 Å². The largest absolute Gasteiger partial charge is 0.339 e. The summed E-state index contributed by atoms with van der Waals surface area (Å²) < 4.78 is 6.19. The van der Waals surface area contributed by atoms with E-state index in [-0.39, 0.29) is 0 Å². The summed E-state index contributed by atoms with van der Waals surface area (Å²) in [4.78, 5) is 8.69. The van der Waals surface area contributed by atoms with Gasteiger partial charge < -0.3 is 9.84 Å². The number of halogens is 1. The third kappa shape index (κ3) is 3.86. The van der Waals surface area contributed by atoms with E-state index in [0.29, 0.717) is 23.5 Å². The fourth-order valence-corrected chi connectivity index (χ4v) is 2.34. The van der Waals surface area contributed by atoms with Crippen LogP contribution in [0.25, 0.3) is 11.5 Å². The van der Waals surface area contributed by atoms with Crippen molar-refractivity contribution in [2.75, 3.05) is 6.54 Å². The summed E-state index contributed by atoms with van der Waals surface area (Å²) in [5.41, 5.74) is 0.706. The molecule has 0 bridgehead atoms. The van der Waals surface area contributed by atoms with E-state index in [0.717, 1.165) is 30.3 Å². The lowest BCUT2D eigenvalue weighted by molar-refractivity contribution is 0.354. The van der Waals surface area contributed by atoms with Crippen molar-refractivity contribution in [2.24, 2.45) is 0 Å². The zero-order valence-corrected chi connectivity index (χ0v) is 13.4. The van der Waals surface area contributed by atoms with Gasteiger partial charge in [0, 0.05) is 23.1 Å². The maximum Gasteiger partial charge on any atom is 0.228 e. The molecule has 0 aliphatic heterocycles. The highest BCUT2D eigenvalue weighted by molar-refractivity contribution is 9.10. The first kappa shape index (κ1) is 15.1. The highest BCUT2D eigenvalue weighted by atomic mass is 79.9. The average Bonchev–Trinajstić information content (AvgIpc) is 2.92. The van der Waals surface area contributed by atoms with Crippen LogP contribution < -0.4 is 5.32 Å². The van der Waals surface area contributed by atoms with Crippen molar-refractivity contribution >= 4 is 15.9 Å². The van der Waals surface area contributed by atoms with Gasteiger partial charge in [-0.15, -0.1) is 0 Å². The van der Waals surface area contributed by atoms with Gasteiger partial charge in [-0.1, -0.05) is 19.0 Å². The molecular weight excluding hydrogens is 320 g/mol. The van der Waals surface area contributed by atoms with Crippen LogP contribution in [0.15, 0.2) is 27.3 Å². The maximum absolute atomic E-state index is 5.32. The van der Waals surface area contributed by atoms with Crippen molar-refractivity contribution < 1.29 is 4.52 Å². The Kier molecular flexibility index (Phi) is 5.67. The lowest BCUT2D eigenvalue weighted by Crippen LogP contribution is -2.31. The number of hydrogen-bond acceptors (Lipinski definition) is 5. The number of nitrogens with zero attached hydrogens (tertiary/aromatic N) is 3. The highest BCUT2D eigenvalue weighted by Crippen LogP contribution is 2.23. The van der Waals surface area contributed by atoms with E-state index in [9.17, 15) is 0 Å². The fraction of sp³-hybridized carbons (Fsp3) is 0.500. The minimum Gasteiger partial charge on any atom is -0.339 e. The third-order valence-electron chi connectivity index (χ3n) is 3.04. The zero-order valence-electron chi connectivity index (χ0n) is 11.8. The summed E-state index contributed by atoms with van der Waals surface area (Å²) in [6.07, 6.45) is 4.61. The van der Waals surface area contributed by atoms with Crippen LogP contribution in [0.4, 0.5) is 0 Å². The Morgan fingerprint density at radius 1 is 1.40 bits per heavy atom. The predicted molar refractivity (Wildman–Crippen MR) is 81.3 cm³/mol. The zero-order chi connectivity index (χ0) is 14.4. The van der Waals surface area contributed by atoms with Crippen molar-refractivity contribution in [2.45, 2.75) is 39.2 Å². The smallest absolute Gasteiger partial charge is 0.228 e. The van der Waals surface area contributed by atoms with E-state index in [1.807, 2.05) is 12.1 Å². The molecule has 1 atom stereocenters. The van der Waals surface area contributed by atoms with Gasteiger partial charge in [0.2, 0.25) is 11.7 Å². The van der Waals surface area contributed by atoms with Gasteiger partial charge in [0.15, 0.2) is 0 Å². The molecule has 0 radical (unpaired) electrons. The molecule has 0 aliphatic carbocycles. The molecule has 2 rings (SSSR count). The van der Waals surface area contributed by atoms with Gasteiger partial charge in [0.05, 0.1) is 0 Å². The Labute approximate surface area is 127 Å². The van der Waals surface area contributed by atoms with E-state index in [4.69, 9.17) is 4.52 Å². The molecule has 0 aromatic carbocycles. The normalized spacial score (nSPS) is 12.6. The van der Waals surface area contributed by atoms with Crippen molar-refractivity contribution in [3.05, 3.63) is 28.7 Å². The summed E-state index contributed by atoms with van der Waals surface area (Å²) in [6.45, 7) is 5.31. The van der Waals surface area contributed by atoms with Crippen LogP contribution in [-0.2, 0) is 6.42 Å². The van der Waals surface area contributed by atoms with Gasteiger partial charge in [0.1, 0.15) is 5.69 Å². The third-order valence-corrected chi connectivity index (χ3v) is 3.68. The molecular formula is C14H19BrN4O. The first-order chi connectivity index (χ1) is 9.74. The average molecular weight is 339 g/mol. The highest BCUT2D eigenvalue weighted by Gasteiger charge is 2.15. The van der Waals surface area contributed by atoms with Crippen LogP contribution in [0, 0.1) is 0 Å². The van der Waals surface area contributed by atoms with Crippen LogP contribution in [0.1, 0.15) is 32.6 Å². The Hall–Kier alpha value is -1.27. The first-order valence-electron chi connectivity index (χ1n) is 6.91. The van der Waals surface area contributed by atoms with Crippen LogP contribution >= 0.6 is 15.9 Å². The molecule has 0 spiro atoms. The van der Waals surface area contributed by atoms with E-state index < -0.39 is 0 Å². The lowest BCUT2D eigenvalue weighted by Gasteiger charge is -2.13. The van der Waals surface area contributed by atoms with Gasteiger partial charge in [0.25, 0.3) is 0 Å². The Morgan fingerprint density at radius 2 is 2.25 bits per heavy atom. The summed E-state index contributed by atoms with van der Waals surface area (Å²) in [7, 11) is 0. The van der Waals surface area contributed by atoms with Crippen LogP contribution in [0.2, 0.25) is 0 Å². The molecule has 0 amide bonds. The fourth-order valence-electron chi connectivity index (χ4n) is 1.90. The monoisotopic (exact) mass is 338 g/mol. The van der Waals surface area contributed by atoms with Gasteiger partial charge in [-0.2, -0.15) is 4.98 Å². The van der Waals surface area contributed by atoms with Gasteiger partial charge in [-0.3, -0.25) is 4.98 Å². The Bertz CT molecular complexity index is 543. The second-order valence-electron chi connectivity index (χ2n) is 4.61. The van der Waals surface area contributed by atoms with Crippen molar-refractivity contribution in [1.29, 1.82) is 0 Å². The van der Waals surface area contributed by atoms with Gasteiger partial charge in [-0.25, -0.2) is 0 Å². The van der Waals surface area contributed by atoms with Crippen LogP contribution in [-0.4, -0.2) is 27.7 Å². The van der Waals surface area contributed by atoms with Crippen LogP contribution in [0.5, 0.6) is 0 Å². The molecule has 1 N–H and O–H groups in total. The summed E-state index contributed by atoms with van der Waals surface area (Å²) in [5, 5.41) is 7.48. The second kappa shape index (κ2) is 7.50. The van der Waals surface area contributed by atoms with Gasteiger partial charge >= 0.3 is 0 Å². The van der Waals surface area contributed by atoms with E-state index in [1.54, 1.807) is 6.20 Å². The molecule has 5 nitrogen and oxygen atoms in total. The maximum atomic E-state index is 5.32. The second-order valence-corrected chi connectivity index (χ2v) is 5.46. The SMILES string of the molecule is CCCNC(CC)Cc1nc(-c2ncccc2Br)no1. The van der Waals surface area contributed by atoms with E-state index in [1.165, 1.54) is 0 Å². The number of hydrogen-bond donors (Lipinski definition) is 1. The molecule has 0 saturated heterocycles. The Balaban J connectivity index is 2.07. The van der Waals surface area contributed by atoms with Crippen molar-refractivity contribution in [3.63, 3.8) is 0 Å². The molecule has 0 fully saturated rings. The van der Waals surface area contributed by atoms with Gasteiger partial charge in [-0.05, 0) is 47.4 Å². The molecule has 0 aliphatic rings. The molecule has 1 unspecified atom stereocenters. The summed E-state index contributed by atoms with van der Waals surface area (Å²) >= 11 is 3.44. The lowest BCUT2D eigenvalue weighted by atomic mass is 10.1. The quantitative estimate of drug-likeness (QED) is 0.839. The summed E-state index contributed by atoms with van der Waals surface area (Å²) in [5.74, 6) is 1.17. The molecule has 2 aromatic rings. The number of aromatic nitrogens is 3. The molecule has 20 heavy (non-hydrogen) atoms. The molecule has 2 heterocycles. The molecule has 108 valence electrons. The van der Waals surface area contributed by atoms with E-state index >= 15 is 0 Å². The number of pyridine rings is 1. The molecule has 6 heteroatoms. The van der Waals surface area contributed by atoms with Crippen molar-refractivity contribution in [3.8, 4) is 11.5 Å². The number of rotatable bonds is 7. The standard InChI is InChI=1S/C14H19BrN4O/c1-3-7-16-10(4-2)9-12-18-14(19-20-12)13-11(15)6-5-8-17-13/h5-6,8,10,16H,3-4,7,9H2,1-2H3. The summed E-state index contributed by atoms with van der Waals surface area (Å²) in [6, 6.07) is 4.14. The molecule has 2 aromatic heterocycles. The predicted octanol–water partition coefficient (Wildman–Crippen LogP) is 3.21. The van der Waals surface area contributed by atoms with Crippen molar-refractivity contribution in [1.82, 2.24) is 20.4 Å². The minimum atomic E-state index is 0.371. The first-order valence-corrected chi connectivity index (χ1v) is 7.70. The minimum absolute atomic E-state index is 0.371. The van der Waals surface area contributed by atoms with E-state index in [2.05, 4.69) is 50.2 Å². The topological polar surface area (TPSA) is 63.8 Å². The Morgan fingerprint density at radius 3 is 2.95 bits per heavy atom. The number of nitrogens with one attached hydrogen (secondary N) is 1.